The summed E-state index contributed by atoms with van der Waals surface area (Å²) in [6.45, 7) is 0. The molecule has 0 unspecified atom stereocenters. The number of halogens is 2. The van der Waals surface area contributed by atoms with Crippen LogP contribution in [-0.2, 0) is 27.5 Å². The van der Waals surface area contributed by atoms with Gasteiger partial charge in [-0.1, -0.05) is 29.3 Å². The first-order chi connectivity index (χ1) is 13.8. The van der Waals surface area contributed by atoms with Crippen molar-refractivity contribution < 1.29 is 18.3 Å². The lowest BCUT2D eigenvalue weighted by atomic mass is 9.86. The van der Waals surface area contributed by atoms with Gasteiger partial charge in [0.1, 0.15) is 4.90 Å². The van der Waals surface area contributed by atoms with Crippen molar-refractivity contribution in [3.63, 3.8) is 0 Å². The summed E-state index contributed by atoms with van der Waals surface area (Å²) in [5.74, 6) is -1.09. The van der Waals surface area contributed by atoms with Crippen molar-refractivity contribution in [2.24, 2.45) is 5.92 Å². The standard InChI is InChI=1S/C20H22Cl2N2O4S/c21-15-5-3-6-16(22)18(15)29(27,28)19-14-4-1-2-7-17(14)24(23-19)13-10-8-12(9-11-13)20(25)26/h3,5-6,12-13H,1-2,4,7-11H2,(H,25,26). The number of rotatable bonds is 4. The molecule has 6 nitrogen and oxygen atoms in total. The van der Waals surface area contributed by atoms with Crippen molar-refractivity contribution in [3.05, 3.63) is 39.5 Å². The van der Waals surface area contributed by atoms with Crippen molar-refractivity contribution in [2.75, 3.05) is 0 Å². The Kier molecular flexibility index (Phi) is 5.66. The Balaban J connectivity index is 1.77. The molecular formula is C20H22Cl2N2O4S. The summed E-state index contributed by atoms with van der Waals surface area (Å²) in [7, 11) is -3.97. The summed E-state index contributed by atoms with van der Waals surface area (Å²) >= 11 is 12.4. The first kappa shape index (κ1) is 20.7. The molecule has 1 saturated carbocycles. The van der Waals surface area contributed by atoms with E-state index >= 15 is 0 Å². The van der Waals surface area contributed by atoms with E-state index < -0.39 is 15.8 Å². The molecule has 0 saturated heterocycles. The van der Waals surface area contributed by atoms with E-state index in [1.165, 1.54) is 12.1 Å². The predicted molar refractivity (Wildman–Crippen MR) is 109 cm³/mol. The minimum Gasteiger partial charge on any atom is -0.481 e. The van der Waals surface area contributed by atoms with Crippen LogP contribution in [0.25, 0.3) is 0 Å². The number of aromatic nitrogens is 2. The van der Waals surface area contributed by atoms with Gasteiger partial charge in [-0.3, -0.25) is 9.48 Å². The van der Waals surface area contributed by atoms with E-state index in [0.717, 1.165) is 30.5 Å². The van der Waals surface area contributed by atoms with Gasteiger partial charge >= 0.3 is 5.97 Å². The first-order valence-corrected chi connectivity index (χ1v) is 12.1. The van der Waals surface area contributed by atoms with Crippen LogP contribution in [0, 0.1) is 5.92 Å². The van der Waals surface area contributed by atoms with Gasteiger partial charge in [-0.25, -0.2) is 8.42 Å². The van der Waals surface area contributed by atoms with Crippen LogP contribution >= 0.6 is 23.2 Å². The maximum atomic E-state index is 13.5. The van der Waals surface area contributed by atoms with Gasteiger partial charge in [0.15, 0.2) is 5.03 Å². The number of sulfone groups is 1. The summed E-state index contributed by atoms with van der Waals surface area (Å²) in [6, 6.07) is 4.65. The molecule has 1 aromatic heterocycles. The Morgan fingerprint density at radius 1 is 1.07 bits per heavy atom. The summed E-state index contributed by atoms with van der Waals surface area (Å²) in [5.41, 5.74) is 1.71. The fourth-order valence-electron chi connectivity index (χ4n) is 4.51. The van der Waals surface area contributed by atoms with E-state index in [1.807, 2.05) is 4.68 Å². The molecule has 2 aliphatic rings. The maximum Gasteiger partial charge on any atom is 0.306 e. The molecule has 4 rings (SSSR count). The summed E-state index contributed by atoms with van der Waals surface area (Å²) in [6.07, 6.45) is 5.82. The van der Waals surface area contributed by atoms with Gasteiger partial charge in [0.2, 0.25) is 9.84 Å². The number of aliphatic carboxylic acids is 1. The first-order valence-electron chi connectivity index (χ1n) is 9.83. The zero-order valence-corrected chi connectivity index (χ0v) is 18.1. The third-order valence-electron chi connectivity index (χ3n) is 6.01. The summed E-state index contributed by atoms with van der Waals surface area (Å²) in [4.78, 5) is 11.2. The molecule has 1 fully saturated rings. The Bertz CT molecular complexity index is 1040. The molecule has 0 radical (unpaired) electrons. The van der Waals surface area contributed by atoms with Gasteiger partial charge in [-0.15, -0.1) is 0 Å². The Labute approximate surface area is 179 Å². The number of hydrogen-bond donors (Lipinski definition) is 1. The van der Waals surface area contributed by atoms with Gasteiger partial charge in [0.05, 0.1) is 22.0 Å². The molecule has 1 heterocycles. The molecule has 1 aromatic carbocycles. The normalized spacial score (nSPS) is 22.3. The van der Waals surface area contributed by atoms with Crippen LogP contribution in [0.4, 0.5) is 0 Å². The van der Waals surface area contributed by atoms with E-state index in [1.54, 1.807) is 6.07 Å². The molecule has 0 spiro atoms. The van der Waals surface area contributed by atoms with Gasteiger partial charge in [0, 0.05) is 11.3 Å². The number of carbonyl (C=O) groups is 1. The molecule has 1 N–H and O–H groups in total. The van der Waals surface area contributed by atoms with Gasteiger partial charge in [-0.05, 0) is 63.5 Å². The third kappa shape index (κ3) is 3.68. The largest absolute Gasteiger partial charge is 0.481 e. The number of hydrogen-bond acceptors (Lipinski definition) is 4. The van der Waals surface area contributed by atoms with Crippen LogP contribution in [0.1, 0.15) is 55.8 Å². The monoisotopic (exact) mass is 456 g/mol. The third-order valence-corrected chi connectivity index (χ3v) is 8.67. The Morgan fingerprint density at radius 2 is 1.69 bits per heavy atom. The fourth-order valence-corrected chi connectivity index (χ4v) is 7.10. The molecular weight excluding hydrogens is 435 g/mol. The minimum atomic E-state index is -3.97. The van der Waals surface area contributed by atoms with Crippen molar-refractivity contribution in [1.29, 1.82) is 0 Å². The molecule has 0 atom stereocenters. The van der Waals surface area contributed by atoms with Crippen LogP contribution in [0.3, 0.4) is 0 Å². The highest BCUT2D eigenvalue weighted by molar-refractivity contribution is 7.91. The quantitative estimate of drug-likeness (QED) is 0.718. The van der Waals surface area contributed by atoms with E-state index in [0.29, 0.717) is 32.1 Å². The second-order valence-corrected chi connectivity index (χ2v) is 10.4. The average Bonchev–Trinajstić information content (AvgIpc) is 3.08. The van der Waals surface area contributed by atoms with Crippen LogP contribution in [0.15, 0.2) is 28.1 Å². The highest BCUT2D eigenvalue weighted by Gasteiger charge is 2.36. The van der Waals surface area contributed by atoms with Crippen molar-refractivity contribution in [1.82, 2.24) is 9.78 Å². The molecule has 2 aliphatic carbocycles. The highest BCUT2D eigenvalue weighted by Crippen LogP contribution is 2.40. The second-order valence-electron chi connectivity index (χ2n) is 7.78. The molecule has 0 aliphatic heterocycles. The second kappa shape index (κ2) is 7.93. The van der Waals surface area contributed by atoms with Crippen LogP contribution in [0.2, 0.25) is 10.0 Å². The zero-order chi connectivity index (χ0) is 20.8. The maximum absolute atomic E-state index is 13.5. The zero-order valence-electron chi connectivity index (χ0n) is 15.8. The molecule has 2 aromatic rings. The van der Waals surface area contributed by atoms with Gasteiger partial charge in [-0.2, -0.15) is 5.10 Å². The summed E-state index contributed by atoms with van der Waals surface area (Å²) in [5, 5.41) is 14.0. The lowest BCUT2D eigenvalue weighted by Gasteiger charge is -2.28. The van der Waals surface area contributed by atoms with Crippen LogP contribution in [0.5, 0.6) is 0 Å². The van der Waals surface area contributed by atoms with Gasteiger partial charge in [0.25, 0.3) is 0 Å². The molecule has 0 amide bonds. The number of nitrogens with zero attached hydrogens (tertiary/aromatic N) is 2. The number of benzene rings is 1. The van der Waals surface area contributed by atoms with E-state index in [4.69, 9.17) is 23.2 Å². The lowest BCUT2D eigenvalue weighted by molar-refractivity contribution is -0.143. The predicted octanol–water partition coefficient (Wildman–Crippen LogP) is 4.72. The highest BCUT2D eigenvalue weighted by atomic mass is 35.5. The Morgan fingerprint density at radius 3 is 2.31 bits per heavy atom. The Hall–Kier alpha value is -1.57. The molecule has 29 heavy (non-hydrogen) atoms. The van der Waals surface area contributed by atoms with Crippen molar-refractivity contribution in [2.45, 2.75) is 67.3 Å². The minimum absolute atomic E-state index is 0.0168. The number of fused-ring (bicyclic) bond motifs is 1. The SMILES string of the molecule is O=C(O)C1CCC(n2nc(S(=O)(=O)c3c(Cl)cccc3Cl)c3c2CCCC3)CC1. The van der Waals surface area contributed by atoms with E-state index in [-0.39, 0.29) is 31.9 Å². The van der Waals surface area contributed by atoms with Crippen LogP contribution < -0.4 is 0 Å². The van der Waals surface area contributed by atoms with Crippen LogP contribution in [-0.4, -0.2) is 29.3 Å². The van der Waals surface area contributed by atoms with Crippen molar-refractivity contribution >= 4 is 39.0 Å². The number of carboxylic acid groups (broad SMARTS) is 1. The van der Waals surface area contributed by atoms with Gasteiger partial charge < -0.3 is 5.11 Å². The van der Waals surface area contributed by atoms with Crippen molar-refractivity contribution in [3.8, 4) is 0 Å². The molecule has 0 bridgehead atoms. The molecule has 9 heteroatoms. The van der Waals surface area contributed by atoms with E-state index in [2.05, 4.69) is 5.10 Å². The molecule has 156 valence electrons. The summed E-state index contributed by atoms with van der Waals surface area (Å²) < 4.78 is 28.8. The smallest absolute Gasteiger partial charge is 0.306 e. The fraction of sp³-hybridized carbons (Fsp3) is 0.500. The average molecular weight is 457 g/mol. The van der Waals surface area contributed by atoms with E-state index in [9.17, 15) is 18.3 Å². The number of carboxylic acids is 1. The topological polar surface area (TPSA) is 89.3 Å². The lowest BCUT2D eigenvalue weighted by Crippen LogP contribution is -2.25.